The highest BCUT2D eigenvalue weighted by Gasteiger charge is 2.34. The van der Waals surface area contributed by atoms with Crippen molar-refractivity contribution in [2.75, 3.05) is 0 Å². The minimum absolute atomic E-state index is 0.633. The van der Waals surface area contributed by atoms with Gasteiger partial charge in [-0.2, -0.15) is 0 Å². The van der Waals surface area contributed by atoms with Gasteiger partial charge in [-0.1, -0.05) is 13.8 Å². The quantitative estimate of drug-likeness (QED) is 0.649. The van der Waals surface area contributed by atoms with Gasteiger partial charge in [0, 0.05) is 24.2 Å². The molecule has 2 fully saturated rings. The molecule has 70 valence electrons. The van der Waals surface area contributed by atoms with Gasteiger partial charge in [0.05, 0.1) is 0 Å². The molecule has 0 aliphatic carbocycles. The van der Waals surface area contributed by atoms with Gasteiger partial charge in [-0.25, -0.2) is 0 Å². The Kier molecular flexibility index (Phi) is 2.37. The summed E-state index contributed by atoms with van der Waals surface area (Å²) in [6, 6.07) is 2.99. The second kappa shape index (κ2) is 3.35. The molecule has 0 radical (unpaired) electrons. The zero-order valence-corrected chi connectivity index (χ0v) is 8.14. The summed E-state index contributed by atoms with van der Waals surface area (Å²) in [6.45, 7) is 4.47. The normalized spacial score (nSPS) is 40.8. The van der Waals surface area contributed by atoms with Crippen molar-refractivity contribution < 1.29 is 0 Å². The monoisotopic (exact) mass is 168 g/mol. The molecule has 2 heterocycles. The first-order valence-electron chi connectivity index (χ1n) is 5.28. The summed E-state index contributed by atoms with van der Waals surface area (Å²) < 4.78 is 0. The van der Waals surface area contributed by atoms with E-state index in [1.54, 1.807) is 0 Å². The maximum absolute atomic E-state index is 3.68. The summed E-state index contributed by atoms with van der Waals surface area (Å²) in [5.74, 6) is 0. The van der Waals surface area contributed by atoms with E-state index < -0.39 is 0 Å². The fourth-order valence-electron chi connectivity index (χ4n) is 2.60. The molecule has 2 aliphatic heterocycles. The maximum Gasteiger partial charge on any atom is 0.0224 e. The molecule has 2 saturated heterocycles. The SMILES string of the molecule is CC(C)NC1CCC2CCC1N2. The molecule has 2 aliphatic rings. The van der Waals surface area contributed by atoms with Crippen LogP contribution in [-0.4, -0.2) is 24.2 Å². The van der Waals surface area contributed by atoms with Gasteiger partial charge in [0.25, 0.3) is 0 Å². The number of piperidine rings is 1. The van der Waals surface area contributed by atoms with Gasteiger partial charge < -0.3 is 10.6 Å². The molecule has 2 rings (SSSR count). The molecular weight excluding hydrogens is 148 g/mol. The minimum atomic E-state index is 0.633. The number of hydrogen-bond acceptors (Lipinski definition) is 2. The molecule has 0 saturated carbocycles. The first kappa shape index (κ1) is 8.52. The standard InChI is InChI=1S/C10H20N2/c1-7(2)11-9-5-3-8-4-6-10(9)12-8/h7-12H,3-6H2,1-2H3. The Bertz CT molecular complexity index is 156. The molecule has 2 bridgehead atoms. The molecule has 0 aromatic rings. The van der Waals surface area contributed by atoms with E-state index in [1.807, 2.05) is 0 Å². The van der Waals surface area contributed by atoms with Crippen molar-refractivity contribution in [1.82, 2.24) is 10.6 Å². The molecule has 2 N–H and O–H groups in total. The van der Waals surface area contributed by atoms with Crippen molar-refractivity contribution in [3.05, 3.63) is 0 Å². The van der Waals surface area contributed by atoms with E-state index in [0.29, 0.717) is 6.04 Å². The Morgan fingerprint density at radius 3 is 2.67 bits per heavy atom. The summed E-state index contributed by atoms with van der Waals surface area (Å²) in [4.78, 5) is 0. The highest BCUT2D eigenvalue weighted by atomic mass is 15.1. The van der Waals surface area contributed by atoms with Crippen LogP contribution in [0.2, 0.25) is 0 Å². The zero-order valence-electron chi connectivity index (χ0n) is 8.14. The zero-order chi connectivity index (χ0) is 8.55. The Morgan fingerprint density at radius 1 is 1.17 bits per heavy atom. The van der Waals surface area contributed by atoms with Gasteiger partial charge in [-0.05, 0) is 25.7 Å². The number of rotatable bonds is 2. The molecule has 0 aromatic carbocycles. The van der Waals surface area contributed by atoms with Crippen molar-refractivity contribution in [3.8, 4) is 0 Å². The smallest absolute Gasteiger partial charge is 0.0224 e. The second-order valence-corrected chi connectivity index (χ2v) is 4.55. The van der Waals surface area contributed by atoms with E-state index in [1.165, 1.54) is 25.7 Å². The van der Waals surface area contributed by atoms with Gasteiger partial charge in [0.2, 0.25) is 0 Å². The lowest BCUT2D eigenvalue weighted by atomic mass is 9.99. The van der Waals surface area contributed by atoms with E-state index in [9.17, 15) is 0 Å². The van der Waals surface area contributed by atoms with Crippen LogP contribution in [0.15, 0.2) is 0 Å². The van der Waals surface area contributed by atoms with E-state index in [4.69, 9.17) is 0 Å². The molecule has 3 unspecified atom stereocenters. The molecule has 12 heavy (non-hydrogen) atoms. The lowest BCUT2D eigenvalue weighted by molar-refractivity contribution is 0.295. The largest absolute Gasteiger partial charge is 0.310 e. The van der Waals surface area contributed by atoms with Crippen molar-refractivity contribution in [2.24, 2.45) is 0 Å². The van der Waals surface area contributed by atoms with Crippen LogP contribution >= 0.6 is 0 Å². The summed E-state index contributed by atoms with van der Waals surface area (Å²) in [6.07, 6.45) is 5.54. The van der Waals surface area contributed by atoms with E-state index in [2.05, 4.69) is 24.5 Å². The fraction of sp³-hybridized carbons (Fsp3) is 1.00. The van der Waals surface area contributed by atoms with Crippen molar-refractivity contribution >= 4 is 0 Å². The molecule has 2 nitrogen and oxygen atoms in total. The Balaban J connectivity index is 1.89. The number of fused-ring (bicyclic) bond motifs is 2. The van der Waals surface area contributed by atoms with Gasteiger partial charge in [-0.15, -0.1) is 0 Å². The predicted molar refractivity (Wildman–Crippen MR) is 51.2 cm³/mol. The third-order valence-corrected chi connectivity index (χ3v) is 3.14. The van der Waals surface area contributed by atoms with Gasteiger partial charge >= 0.3 is 0 Å². The first-order chi connectivity index (χ1) is 5.75. The maximum atomic E-state index is 3.68. The topological polar surface area (TPSA) is 24.1 Å². The van der Waals surface area contributed by atoms with Crippen LogP contribution in [0.3, 0.4) is 0 Å². The minimum Gasteiger partial charge on any atom is -0.310 e. The molecule has 3 atom stereocenters. The van der Waals surface area contributed by atoms with Crippen LogP contribution in [0.4, 0.5) is 0 Å². The number of nitrogens with one attached hydrogen (secondary N) is 2. The van der Waals surface area contributed by atoms with Crippen LogP contribution in [0.5, 0.6) is 0 Å². The van der Waals surface area contributed by atoms with Gasteiger partial charge in [-0.3, -0.25) is 0 Å². The molecular formula is C10H20N2. The molecule has 0 spiro atoms. The summed E-state index contributed by atoms with van der Waals surface area (Å²) >= 11 is 0. The Hall–Kier alpha value is -0.0800. The Labute approximate surface area is 75.1 Å². The first-order valence-corrected chi connectivity index (χ1v) is 5.28. The van der Waals surface area contributed by atoms with E-state index in [-0.39, 0.29) is 0 Å². The molecule has 0 aromatic heterocycles. The van der Waals surface area contributed by atoms with Gasteiger partial charge in [0.15, 0.2) is 0 Å². The average molecular weight is 168 g/mol. The van der Waals surface area contributed by atoms with Crippen molar-refractivity contribution in [3.63, 3.8) is 0 Å². The molecule has 0 amide bonds. The highest BCUT2D eigenvalue weighted by molar-refractivity contribution is 4.97. The third-order valence-electron chi connectivity index (χ3n) is 3.14. The third kappa shape index (κ3) is 1.64. The molecule has 2 heteroatoms. The lowest BCUT2D eigenvalue weighted by Crippen LogP contribution is -2.52. The van der Waals surface area contributed by atoms with E-state index >= 15 is 0 Å². The van der Waals surface area contributed by atoms with Crippen LogP contribution in [-0.2, 0) is 0 Å². The van der Waals surface area contributed by atoms with Crippen LogP contribution in [0, 0.1) is 0 Å². The highest BCUT2D eigenvalue weighted by Crippen LogP contribution is 2.26. The predicted octanol–water partition coefficient (Wildman–Crippen LogP) is 1.27. The van der Waals surface area contributed by atoms with Crippen LogP contribution < -0.4 is 10.6 Å². The summed E-state index contributed by atoms with van der Waals surface area (Å²) in [5, 5.41) is 7.33. The summed E-state index contributed by atoms with van der Waals surface area (Å²) in [5.41, 5.74) is 0. The summed E-state index contributed by atoms with van der Waals surface area (Å²) in [7, 11) is 0. The van der Waals surface area contributed by atoms with Crippen molar-refractivity contribution in [1.29, 1.82) is 0 Å². The average Bonchev–Trinajstić information content (AvgIpc) is 2.39. The van der Waals surface area contributed by atoms with Crippen LogP contribution in [0.1, 0.15) is 39.5 Å². The van der Waals surface area contributed by atoms with E-state index in [0.717, 1.165) is 18.1 Å². The fourth-order valence-corrected chi connectivity index (χ4v) is 2.60. The number of hydrogen-bond donors (Lipinski definition) is 2. The van der Waals surface area contributed by atoms with Crippen LogP contribution in [0.25, 0.3) is 0 Å². The second-order valence-electron chi connectivity index (χ2n) is 4.55. The lowest BCUT2D eigenvalue weighted by Gasteiger charge is -2.32. The van der Waals surface area contributed by atoms with Gasteiger partial charge in [0.1, 0.15) is 0 Å². The van der Waals surface area contributed by atoms with Crippen molar-refractivity contribution in [2.45, 2.75) is 63.7 Å². The Morgan fingerprint density at radius 2 is 1.92 bits per heavy atom.